The summed E-state index contributed by atoms with van der Waals surface area (Å²) < 4.78 is 6.67. The van der Waals surface area contributed by atoms with Crippen molar-refractivity contribution in [2.75, 3.05) is 4.90 Å². The van der Waals surface area contributed by atoms with Crippen LogP contribution in [0.1, 0.15) is 25.0 Å². The average molecular weight is 758 g/mol. The molecule has 1 aliphatic heterocycles. The van der Waals surface area contributed by atoms with E-state index in [4.69, 9.17) is 4.74 Å². The van der Waals surface area contributed by atoms with E-state index in [0.29, 0.717) is 0 Å². The summed E-state index contributed by atoms with van der Waals surface area (Å²) in [6.07, 6.45) is 0. The van der Waals surface area contributed by atoms with Gasteiger partial charge in [-0.15, -0.1) is 0 Å². The monoisotopic (exact) mass is 757 g/mol. The first-order valence-corrected chi connectivity index (χ1v) is 20.3. The first-order chi connectivity index (χ1) is 29.0. The summed E-state index contributed by atoms with van der Waals surface area (Å²) in [6.45, 7) is 4.57. The van der Waals surface area contributed by atoms with Crippen molar-refractivity contribution >= 4 is 17.1 Å². The van der Waals surface area contributed by atoms with Crippen molar-refractivity contribution in [3.63, 3.8) is 0 Å². The molecule has 0 N–H and O–H groups in total. The number of hydrogen-bond acceptors (Lipinski definition) is 2. The van der Waals surface area contributed by atoms with E-state index in [1.54, 1.807) is 0 Å². The lowest BCUT2D eigenvalue weighted by Crippen LogP contribution is -2.24. The third-order valence-corrected chi connectivity index (χ3v) is 11.8. The summed E-state index contributed by atoms with van der Waals surface area (Å²) in [6, 6.07) is 80.4. The molecule has 282 valence electrons. The minimum atomic E-state index is -0.182. The highest BCUT2D eigenvalue weighted by atomic mass is 16.5. The van der Waals surface area contributed by atoms with Crippen LogP contribution in [0.2, 0.25) is 0 Å². The molecule has 1 heterocycles. The lowest BCUT2D eigenvalue weighted by molar-refractivity contribution is 0.419. The summed E-state index contributed by atoms with van der Waals surface area (Å²) in [4.78, 5) is 2.35. The molecule has 0 fully saturated rings. The van der Waals surface area contributed by atoms with E-state index in [9.17, 15) is 0 Å². The SMILES string of the molecule is CC1(C)c2ccccc2Oc2c(-c3ccc(N(c4ccc(-c5ccccc5-c5ccccc5)cc4)c4ccc(-c5ccccc5-c5ccccc5)cc4)cc3)cccc21. The Morgan fingerprint density at radius 1 is 0.305 bits per heavy atom. The van der Waals surface area contributed by atoms with Crippen molar-refractivity contribution in [1.29, 1.82) is 0 Å². The summed E-state index contributed by atoms with van der Waals surface area (Å²) in [7, 11) is 0. The summed E-state index contributed by atoms with van der Waals surface area (Å²) in [5.41, 5.74) is 17.3. The normalized spacial score (nSPS) is 12.5. The quantitative estimate of drug-likeness (QED) is 0.153. The first-order valence-electron chi connectivity index (χ1n) is 20.3. The zero-order valence-corrected chi connectivity index (χ0v) is 33.2. The van der Waals surface area contributed by atoms with Crippen molar-refractivity contribution in [3.05, 3.63) is 236 Å². The first kappa shape index (κ1) is 36.0. The van der Waals surface area contributed by atoms with Crippen LogP contribution < -0.4 is 9.64 Å². The van der Waals surface area contributed by atoms with Gasteiger partial charge in [-0.3, -0.25) is 0 Å². The standard InChI is InChI=1S/C57H43NO/c1-57(2)53-25-13-14-27-55(53)59-56-52(24-15-26-54(56)57)44-32-38-47(39-33-44)58(45-34-28-42(29-35-45)50-22-11-9-20-48(50)40-16-5-3-6-17-40)46-36-30-43(31-37-46)51-23-12-10-21-49(51)41-18-7-4-8-19-41/h3-39H,1-2H3. The van der Waals surface area contributed by atoms with Crippen LogP contribution in [0.5, 0.6) is 11.5 Å². The Labute approximate surface area is 347 Å². The Kier molecular flexibility index (Phi) is 9.24. The summed E-state index contributed by atoms with van der Waals surface area (Å²) >= 11 is 0. The molecule has 0 atom stereocenters. The third-order valence-electron chi connectivity index (χ3n) is 11.8. The van der Waals surface area contributed by atoms with Gasteiger partial charge in [-0.2, -0.15) is 0 Å². The van der Waals surface area contributed by atoms with Gasteiger partial charge in [0.2, 0.25) is 0 Å². The Morgan fingerprint density at radius 3 is 1.10 bits per heavy atom. The number of para-hydroxylation sites is 2. The van der Waals surface area contributed by atoms with Crippen molar-refractivity contribution < 1.29 is 4.74 Å². The van der Waals surface area contributed by atoms with Crippen LogP contribution in [0, 0.1) is 0 Å². The molecule has 0 radical (unpaired) electrons. The molecule has 9 aromatic carbocycles. The van der Waals surface area contributed by atoms with Gasteiger partial charge in [0.1, 0.15) is 11.5 Å². The highest BCUT2D eigenvalue weighted by Gasteiger charge is 2.35. The molecule has 0 saturated heterocycles. The molecule has 0 amide bonds. The van der Waals surface area contributed by atoms with E-state index >= 15 is 0 Å². The molecule has 0 saturated carbocycles. The fraction of sp³-hybridized carbons (Fsp3) is 0.0526. The average Bonchev–Trinajstić information content (AvgIpc) is 3.30. The Hall–Kier alpha value is -7.42. The van der Waals surface area contributed by atoms with Gasteiger partial charge < -0.3 is 9.64 Å². The number of fused-ring (bicyclic) bond motifs is 2. The second-order valence-electron chi connectivity index (χ2n) is 15.7. The summed E-state index contributed by atoms with van der Waals surface area (Å²) in [5, 5.41) is 0. The van der Waals surface area contributed by atoms with Crippen LogP contribution in [-0.4, -0.2) is 0 Å². The Balaban J connectivity index is 1.04. The van der Waals surface area contributed by atoms with Crippen molar-refractivity contribution in [2.24, 2.45) is 0 Å². The van der Waals surface area contributed by atoms with Gasteiger partial charge in [-0.1, -0.05) is 196 Å². The second-order valence-corrected chi connectivity index (χ2v) is 15.7. The molecule has 0 spiro atoms. The molecular formula is C57H43NO. The summed E-state index contributed by atoms with van der Waals surface area (Å²) in [5.74, 6) is 1.85. The largest absolute Gasteiger partial charge is 0.456 e. The number of anilines is 3. The van der Waals surface area contributed by atoms with Gasteiger partial charge in [-0.05, 0) is 92.5 Å². The van der Waals surface area contributed by atoms with Crippen molar-refractivity contribution in [2.45, 2.75) is 19.3 Å². The smallest absolute Gasteiger partial charge is 0.139 e. The zero-order chi connectivity index (χ0) is 39.8. The van der Waals surface area contributed by atoms with Gasteiger partial charge in [0, 0.05) is 39.2 Å². The maximum Gasteiger partial charge on any atom is 0.139 e. The van der Waals surface area contributed by atoms with Crippen LogP contribution in [0.25, 0.3) is 55.6 Å². The van der Waals surface area contributed by atoms with Gasteiger partial charge in [0.15, 0.2) is 0 Å². The fourth-order valence-electron chi connectivity index (χ4n) is 8.72. The maximum absolute atomic E-state index is 6.67. The van der Waals surface area contributed by atoms with Gasteiger partial charge in [0.25, 0.3) is 0 Å². The highest BCUT2D eigenvalue weighted by molar-refractivity contribution is 5.88. The van der Waals surface area contributed by atoms with E-state index in [1.165, 1.54) is 55.6 Å². The van der Waals surface area contributed by atoms with Crippen LogP contribution in [-0.2, 0) is 5.41 Å². The van der Waals surface area contributed by atoms with E-state index in [-0.39, 0.29) is 5.41 Å². The zero-order valence-electron chi connectivity index (χ0n) is 33.2. The Morgan fingerprint density at radius 2 is 0.644 bits per heavy atom. The lowest BCUT2D eigenvalue weighted by Gasteiger charge is -2.35. The van der Waals surface area contributed by atoms with E-state index in [0.717, 1.165) is 39.7 Å². The molecule has 0 aliphatic carbocycles. The maximum atomic E-state index is 6.67. The molecule has 9 aromatic rings. The molecule has 0 unspecified atom stereocenters. The van der Waals surface area contributed by atoms with E-state index in [1.807, 2.05) is 0 Å². The fourth-order valence-corrected chi connectivity index (χ4v) is 8.72. The van der Waals surface area contributed by atoms with Crippen molar-refractivity contribution in [3.8, 4) is 67.1 Å². The predicted octanol–water partition coefficient (Wildman–Crippen LogP) is 15.9. The molecule has 59 heavy (non-hydrogen) atoms. The number of benzene rings is 9. The van der Waals surface area contributed by atoms with Crippen LogP contribution in [0.15, 0.2) is 224 Å². The van der Waals surface area contributed by atoms with Crippen LogP contribution in [0.4, 0.5) is 17.1 Å². The second kappa shape index (κ2) is 15.2. The molecule has 10 rings (SSSR count). The molecule has 1 aliphatic rings. The molecular weight excluding hydrogens is 715 g/mol. The lowest BCUT2D eigenvalue weighted by atomic mass is 9.75. The topological polar surface area (TPSA) is 12.5 Å². The van der Waals surface area contributed by atoms with Gasteiger partial charge in [-0.25, -0.2) is 0 Å². The van der Waals surface area contributed by atoms with Crippen LogP contribution in [0.3, 0.4) is 0 Å². The number of hydrogen-bond donors (Lipinski definition) is 0. The Bertz CT molecular complexity index is 2770. The van der Waals surface area contributed by atoms with Gasteiger partial charge >= 0.3 is 0 Å². The molecule has 2 heteroatoms. The van der Waals surface area contributed by atoms with E-state index in [2.05, 4.69) is 243 Å². The number of ether oxygens (including phenoxy) is 1. The highest BCUT2D eigenvalue weighted by Crippen LogP contribution is 2.51. The molecule has 2 nitrogen and oxygen atoms in total. The number of nitrogens with zero attached hydrogens (tertiary/aromatic N) is 1. The molecule has 0 bridgehead atoms. The van der Waals surface area contributed by atoms with E-state index < -0.39 is 0 Å². The minimum Gasteiger partial charge on any atom is -0.456 e. The predicted molar refractivity (Wildman–Crippen MR) is 247 cm³/mol. The third kappa shape index (κ3) is 6.69. The van der Waals surface area contributed by atoms with Crippen LogP contribution >= 0.6 is 0 Å². The minimum absolute atomic E-state index is 0.182. The number of rotatable bonds is 8. The van der Waals surface area contributed by atoms with Gasteiger partial charge in [0.05, 0.1) is 0 Å². The molecule has 0 aromatic heterocycles. The van der Waals surface area contributed by atoms with Crippen molar-refractivity contribution in [1.82, 2.24) is 0 Å².